The smallest absolute Gasteiger partial charge is 0 e. The van der Waals surface area contributed by atoms with E-state index in [1.54, 1.807) is 11.1 Å². The van der Waals surface area contributed by atoms with Crippen molar-refractivity contribution in [2.45, 2.75) is 52.9 Å². The van der Waals surface area contributed by atoms with E-state index in [-0.39, 0.29) is 25.8 Å². The molecule has 19 heavy (non-hydrogen) atoms. The van der Waals surface area contributed by atoms with Crippen molar-refractivity contribution in [1.82, 2.24) is 0 Å². The first-order valence-corrected chi connectivity index (χ1v) is 7.41. The van der Waals surface area contributed by atoms with Gasteiger partial charge in [-0.15, -0.1) is 34.5 Å². The van der Waals surface area contributed by atoms with Crippen molar-refractivity contribution in [2.24, 2.45) is 5.41 Å². The molecule has 0 spiro atoms. The fraction of sp³-hybridized carbons (Fsp3) is 0.500. The summed E-state index contributed by atoms with van der Waals surface area (Å²) in [6, 6.07) is 9.53. The first-order valence-electron chi connectivity index (χ1n) is 7.41. The zero-order valence-corrected chi connectivity index (χ0v) is 15.9. The van der Waals surface area contributed by atoms with Crippen molar-refractivity contribution >= 4 is 10.8 Å². The molecule has 2 aromatic rings. The third-order valence-electron chi connectivity index (χ3n) is 5.19. The van der Waals surface area contributed by atoms with E-state index in [2.05, 4.69) is 45.0 Å². The Labute approximate surface area is 135 Å². The minimum atomic E-state index is 0. The Morgan fingerprint density at radius 3 is 2.26 bits per heavy atom. The van der Waals surface area contributed by atoms with Crippen LogP contribution in [0.15, 0.2) is 24.3 Å². The van der Waals surface area contributed by atoms with E-state index in [1.807, 2.05) is 0 Å². The van der Waals surface area contributed by atoms with E-state index in [0.717, 1.165) is 6.42 Å². The third kappa shape index (κ3) is 2.39. The first-order chi connectivity index (χ1) is 8.71. The van der Waals surface area contributed by atoms with Gasteiger partial charge in [0.2, 0.25) is 0 Å². The maximum atomic E-state index is 2.48. The van der Waals surface area contributed by atoms with Crippen LogP contribution in [0, 0.1) is 5.41 Å². The second-order valence-corrected chi connectivity index (χ2v) is 5.98. The molecule has 1 aliphatic carbocycles. The maximum absolute atomic E-state index is 2.48. The molecule has 0 saturated carbocycles. The summed E-state index contributed by atoms with van der Waals surface area (Å²) >= 11 is 0. The number of hydrogen-bond acceptors (Lipinski definition) is 0. The molecule has 0 aliphatic heterocycles. The van der Waals surface area contributed by atoms with Crippen molar-refractivity contribution in [3.63, 3.8) is 0 Å². The molecule has 0 aromatic heterocycles. The topological polar surface area (TPSA) is 0 Å². The summed E-state index contributed by atoms with van der Waals surface area (Å²) in [5.41, 5.74) is 5.29. The summed E-state index contributed by atoms with van der Waals surface area (Å²) in [5, 5.41) is 2.95. The van der Waals surface area contributed by atoms with Crippen LogP contribution in [0.2, 0.25) is 0 Å². The molecule has 0 radical (unpaired) electrons. The van der Waals surface area contributed by atoms with E-state index < -0.39 is 0 Å². The van der Waals surface area contributed by atoms with Crippen LogP contribution < -0.4 is 0 Å². The minimum Gasteiger partial charge on any atom is -0.168 e. The molecule has 3 rings (SSSR count). The predicted molar refractivity (Wildman–Crippen MR) is 79.3 cm³/mol. The van der Waals surface area contributed by atoms with Crippen LogP contribution in [-0.4, -0.2) is 0 Å². The van der Waals surface area contributed by atoms with Crippen LogP contribution in [0.25, 0.3) is 10.8 Å². The van der Waals surface area contributed by atoms with E-state index >= 15 is 0 Å². The van der Waals surface area contributed by atoms with Crippen LogP contribution >= 0.6 is 0 Å². The second-order valence-electron chi connectivity index (χ2n) is 5.98. The van der Waals surface area contributed by atoms with Gasteiger partial charge in [0.15, 0.2) is 0 Å². The van der Waals surface area contributed by atoms with Gasteiger partial charge < -0.3 is 0 Å². The summed E-state index contributed by atoms with van der Waals surface area (Å²) in [4.78, 5) is 0. The van der Waals surface area contributed by atoms with Gasteiger partial charge in [-0.05, 0) is 31.1 Å². The summed E-state index contributed by atoms with van der Waals surface area (Å²) in [6.45, 7) is 6.96. The zero-order valence-electron chi connectivity index (χ0n) is 12.3. The largest absolute Gasteiger partial charge is 0.168 e. The van der Waals surface area contributed by atoms with Crippen LogP contribution in [-0.2, 0) is 45.1 Å². The quantitative estimate of drug-likeness (QED) is 0.485. The molecule has 1 aliphatic rings. The van der Waals surface area contributed by atoms with Crippen LogP contribution in [0.3, 0.4) is 0 Å². The molecular formula is C18H23Hf-. The molecule has 0 bridgehead atoms. The Hall–Kier alpha value is -0.300. The van der Waals surface area contributed by atoms with Crippen molar-refractivity contribution in [1.29, 1.82) is 0 Å². The fourth-order valence-corrected chi connectivity index (χ4v) is 3.66. The Balaban J connectivity index is 0.00000133. The van der Waals surface area contributed by atoms with Crippen LogP contribution in [0.1, 0.15) is 50.3 Å². The monoisotopic (exact) mass is 419 g/mol. The maximum Gasteiger partial charge on any atom is 0 e. The van der Waals surface area contributed by atoms with Crippen molar-refractivity contribution in [2.75, 3.05) is 0 Å². The van der Waals surface area contributed by atoms with Crippen LogP contribution in [0.5, 0.6) is 0 Å². The fourth-order valence-electron chi connectivity index (χ4n) is 3.66. The van der Waals surface area contributed by atoms with Gasteiger partial charge in [0.1, 0.15) is 0 Å². The average Bonchev–Trinajstić information content (AvgIpc) is 2.96. The zero-order chi connectivity index (χ0) is 12.8. The number of hydrogen-bond donors (Lipinski definition) is 0. The molecule has 1 heteroatoms. The van der Waals surface area contributed by atoms with Gasteiger partial charge in [0.25, 0.3) is 0 Å². The summed E-state index contributed by atoms with van der Waals surface area (Å²) in [5.74, 6) is 0. The molecule has 0 atom stereocenters. The van der Waals surface area contributed by atoms with Crippen molar-refractivity contribution in [3.05, 3.63) is 41.0 Å². The van der Waals surface area contributed by atoms with Gasteiger partial charge in [-0.1, -0.05) is 38.3 Å². The van der Waals surface area contributed by atoms with Gasteiger partial charge in [0, 0.05) is 25.8 Å². The molecule has 2 aromatic carbocycles. The summed E-state index contributed by atoms with van der Waals surface area (Å²) in [6.07, 6.45) is 6.35. The second kappa shape index (κ2) is 5.60. The Bertz CT molecular complexity index is 573. The normalized spacial score (nSPS) is 16.4. The molecule has 0 nitrogen and oxygen atoms in total. The van der Waals surface area contributed by atoms with E-state index in [9.17, 15) is 0 Å². The van der Waals surface area contributed by atoms with Crippen molar-refractivity contribution in [3.8, 4) is 0 Å². The van der Waals surface area contributed by atoms with E-state index in [0.29, 0.717) is 5.41 Å². The predicted octanol–water partition coefficient (Wildman–Crippen LogP) is 5.02. The molecule has 0 N–H and O–H groups in total. The van der Waals surface area contributed by atoms with Crippen LogP contribution in [0.4, 0.5) is 0 Å². The molecular weight excluding hydrogens is 395 g/mol. The van der Waals surface area contributed by atoms with Gasteiger partial charge in [-0.25, -0.2) is 0 Å². The Kier molecular flexibility index (Phi) is 4.45. The third-order valence-corrected chi connectivity index (χ3v) is 5.19. The molecule has 0 amide bonds. The molecule has 0 unspecified atom stereocenters. The molecule has 0 heterocycles. The van der Waals surface area contributed by atoms with Crippen molar-refractivity contribution < 1.29 is 25.8 Å². The minimum absolute atomic E-state index is 0. The standard InChI is InChI=1S/C18H23.Hf/c1-4-13-7-8-14-9-15-11-18(5-2,6-3)12-16(15)10-17(13)14;/h7-10H,4-6,11-12H2,1-3H3;/q-1;. The van der Waals surface area contributed by atoms with E-state index in [4.69, 9.17) is 0 Å². The van der Waals surface area contributed by atoms with Gasteiger partial charge in [-0.2, -0.15) is 6.07 Å². The number of aryl methyl sites for hydroxylation is 1. The molecule has 0 saturated heterocycles. The van der Waals surface area contributed by atoms with Gasteiger partial charge in [-0.3, -0.25) is 0 Å². The first kappa shape index (κ1) is 15.1. The summed E-state index contributed by atoms with van der Waals surface area (Å²) < 4.78 is 0. The van der Waals surface area contributed by atoms with E-state index in [1.165, 1.54) is 42.0 Å². The van der Waals surface area contributed by atoms with Gasteiger partial charge >= 0.3 is 0 Å². The summed E-state index contributed by atoms with van der Waals surface area (Å²) in [7, 11) is 0. The number of benzene rings is 1. The Morgan fingerprint density at radius 2 is 1.68 bits per heavy atom. The number of fused-ring (bicyclic) bond motifs is 2. The molecule has 0 fully saturated rings. The number of rotatable bonds is 3. The molecule has 100 valence electrons. The average molecular weight is 418 g/mol. The van der Waals surface area contributed by atoms with Gasteiger partial charge in [0.05, 0.1) is 0 Å². The Morgan fingerprint density at radius 1 is 1.05 bits per heavy atom. The SMILES string of the molecule is CC[c-]1ccc2cc3c(cc21)CC(CC)(CC)C3.[Hf].